The Balaban J connectivity index is 1.88. The molecule has 2 aromatic heterocycles. The third-order valence-corrected chi connectivity index (χ3v) is 5.58. The van der Waals surface area contributed by atoms with E-state index in [0.29, 0.717) is 17.1 Å². The molecule has 3 rings (SSSR count). The van der Waals surface area contributed by atoms with Gasteiger partial charge in [0.25, 0.3) is 16.8 Å². The highest BCUT2D eigenvalue weighted by molar-refractivity contribution is 7.15. The van der Waals surface area contributed by atoms with Crippen LogP contribution < -0.4 is 21.5 Å². The van der Waals surface area contributed by atoms with Gasteiger partial charge in [0, 0.05) is 19.0 Å². The lowest BCUT2D eigenvalue weighted by molar-refractivity contribution is 0.0829. The molecular formula is C19H21N3O5S. The Hall–Kier alpha value is -3.07. The van der Waals surface area contributed by atoms with Crippen molar-refractivity contribution in [2.75, 3.05) is 24.7 Å². The highest BCUT2D eigenvalue weighted by atomic mass is 32.1. The van der Waals surface area contributed by atoms with Crippen molar-refractivity contribution in [3.05, 3.63) is 53.9 Å². The van der Waals surface area contributed by atoms with Gasteiger partial charge in [-0.15, -0.1) is 11.3 Å². The van der Waals surface area contributed by atoms with Crippen molar-refractivity contribution < 1.29 is 14.3 Å². The van der Waals surface area contributed by atoms with E-state index in [1.807, 2.05) is 13.8 Å². The number of aromatic hydroxyl groups is 1. The van der Waals surface area contributed by atoms with E-state index in [4.69, 9.17) is 4.42 Å². The molecule has 0 bridgehead atoms. The van der Waals surface area contributed by atoms with Gasteiger partial charge < -0.3 is 25.1 Å². The van der Waals surface area contributed by atoms with E-state index >= 15 is 0 Å². The van der Waals surface area contributed by atoms with Gasteiger partial charge in [0.1, 0.15) is 27.8 Å². The number of nitrogens with zero attached hydrogens (tertiary/aromatic N) is 1. The first-order valence-electron chi connectivity index (χ1n) is 8.70. The van der Waals surface area contributed by atoms with Crippen molar-refractivity contribution in [2.45, 2.75) is 26.8 Å². The number of anilines is 3. The fraction of sp³-hybridized carbons (Fsp3) is 0.316. The number of furan rings is 1. The van der Waals surface area contributed by atoms with Crippen LogP contribution in [-0.2, 0) is 13.0 Å². The summed E-state index contributed by atoms with van der Waals surface area (Å²) in [6, 6.07) is 3.58. The molecule has 0 saturated carbocycles. The number of nitrogens with one attached hydrogen (secondary N) is 2. The first kappa shape index (κ1) is 19.7. The lowest BCUT2D eigenvalue weighted by Gasteiger charge is -2.15. The number of rotatable bonds is 7. The summed E-state index contributed by atoms with van der Waals surface area (Å²) in [5.41, 5.74) is -0.830. The molecule has 3 aromatic rings. The number of thiophene rings is 1. The molecule has 148 valence electrons. The zero-order chi connectivity index (χ0) is 20.6. The van der Waals surface area contributed by atoms with Crippen molar-refractivity contribution >= 4 is 34.3 Å². The van der Waals surface area contributed by atoms with E-state index in [2.05, 4.69) is 10.6 Å². The summed E-state index contributed by atoms with van der Waals surface area (Å²) < 4.78 is 5.44. The Bertz CT molecular complexity index is 1100. The van der Waals surface area contributed by atoms with E-state index in [1.165, 1.54) is 4.90 Å². The van der Waals surface area contributed by atoms with Gasteiger partial charge in [0.2, 0.25) is 0 Å². The number of hydrogen-bond donors (Lipinski definition) is 3. The van der Waals surface area contributed by atoms with Crippen molar-refractivity contribution in [3.63, 3.8) is 0 Å². The van der Waals surface area contributed by atoms with Crippen LogP contribution in [0.2, 0.25) is 0 Å². The number of carbonyl (C=O) groups is 1. The SMILES string of the molecule is CCc1sc(C(=O)N(C)C)c(O)c1Nc1c(NCc2ccc(C)o2)c(=O)c1=O. The smallest absolute Gasteiger partial charge is 0.267 e. The van der Waals surface area contributed by atoms with Crippen LogP contribution in [0.5, 0.6) is 5.75 Å². The van der Waals surface area contributed by atoms with Crippen LogP contribution in [0.15, 0.2) is 26.1 Å². The number of hydrogen-bond acceptors (Lipinski definition) is 8. The Morgan fingerprint density at radius 2 is 1.86 bits per heavy atom. The average Bonchev–Trinajstić information content (AvgIpc) is 3.22. The molecule has 0 atom stereocenters. The Kier molecular flexibility index (Phi) is 5.28. The fourth-order valence-corrected chi connectivity index (χ4v) is 3.86. The molecular weight excluding hydrogens is 382 g/mol. The van der Waals surface area contributed by atoms with E-state index < -0.39 is 10.9 Å². The topological polar surface area (TPSA) is 112 Å². The number of aryl methyl sites for hydroxylation is 2. The van der Waals surface area contributed by atoms with Gasteiger partial charge in [-0.05, 0) is 25.5 Å². The third kappa shape index (κ3) is 3.40. The van der Waals surface area contributed by atoms with Crippen LogP contribution in [-0.4, -0.2) is 30.0 Å². The maximum atomic E-state index is 12.3. The highest BCUT2D eigenvalue weighted by Gasteiger charge is 2.27. The summed E-state index contributed by atoms with van der Waals surface area (Å²) >= 11 is 1.16. The quantitative estimate of drug-likeness (QED) is 0.520. The van der Waals surface area contributed by atoms with Crippen LogP contribution >= 0.6 is 11.3 Å². The second kappa shape index (κ2) is 7.51. The molecule has 1 amide bonds. The first-order valence-corrected chi connectivity index (χ1v) is 9.52. The standard InChI is InChI=1S/C19H21N3O5S/c1-5-11-12(17(25)18(28-11)19(26)22(3)4)21-14-13(15(23)16(14)24)20-8-10-7-6-9(2)27-10/h6-7,20-21,25H,5,8H2,1-4H3. The second-order valence-electron chi connectivity index (χ2n) is 6.53. The summed E-state index contributed by atoms with van der Waals surface area (Å²) in [5, 5.41) is 16.3. The molecule has 0 spiro atoms. The largest absolute Gasteiger partial charge is 0.504 e. The molecule has 0 radical (unpaired) electrons. The predicted octanol–water partition coefficient (Wildman–Crippen LogP) is 2.57. The molecule has 0 saturated heterocycles. The summed E-state index contributed by atoms with van der Waals surface area (Å²) in [6.45, 7) is 3.93. The van der Waals surface area contributed by atoms with E-state index in [9.17, 15) is 19.5 Å². The normalized spacial score (nSPS) is 11.0. The van der Waals surface area contributed by atoms with Gasteiger partial charge in [-0.3, -0.25) is 14.4 Å². The summed E-state index contributed by atoms with van der Waals surface area (Å²) in [7, 11) is 3.18. The molecule has 3 N–H and O–H groups in total. The molecule has 0 aliphatic carbocycles. The van der Waals surface area contributed by atoms with Gasteiger partial charge in [0.05, 0.1) is 12.2 Å². The zero-order valence-electron chi connectivity index (χ0n) is 16.0. The molecule has 9 heteroatoms. The van der Waals surface area contributed by atoms with Gasteiger partial charge in [0.15, 0.2) is 5.75 Å². The summed E-state index contributed by atoms with van der Waals surface area (Å²) in [4.78, 5) is 38.5. The molecule has 0 unspecified atom stereocenters. The third-order valence-electron chi connectivity index (χ3n) is 4.27. The zero-order valence-corrected chi connectivity index (χ0v) is 16.8. The minimum Gasteiger partial charge on any atom is -0.504 e. The first-order chi connectivity index (χ1) is 13.2. The minimum atomic E-state index is -0.675. The molecule has 0 fully saturated rings. The van der Waals surface area contributed by atoms with Gasteiger partial charge in [-0.2, -0.15) is 0 Å². The Morgan fingerprint density at radius 1 is 1.18 bits per heavy atom. The number of amides is 1. The van der Waals surface area contributed by atoms with Crippen molar-refractivity contribution in [2.24, 2.45) is 0 Å². The molecule has 1 aromatic carbocycles. The lowest BCUT2D eigenvalue weighted by atomic mass is 10.1. The molecule has 28 heavy (non-hydrogen) atoms. The molecule has 0 aliphatic heterocycles. The monoisotopic (exact) mass is 403 g/mol. The fourth-order valence-electron chi connectivity index (χ4n) is 2.75. The van der Waals surface area contributed by atoms with Crippen LogP contribution in [0, 0.1) is 6.92 Å². The Labute approximate surface area is 165 Å². The molecule has 0 aliphatic rings. The van der Waals surface area contributed by atoms with Crippen LogP contribution in [0.4, 0.5) is 17.1 Å². The van der Waals surface area contributed by atoms with Gasteiger partial charge in [-0.1, -0.05) is 6.92 Å². The lowest BCUT2D eigenvalue weighted by Crippen LogP contribution is -2.36. The van der Waals surface area contributed by atoms with Gasteiger partial charge >= 0.3 is 0 Å². The van der Waals surface area contributed by atoms with Crippen molar-refractivity contribution in [1.82, 2.24) is 4.90 Å². The minimum absolute atomic E-state index is 0.0694. The maximum absolute atomic E-state index is 12.3. The Morgan fingerprint density at radius 3 is 2.43 bits per heavy atom. The van der Waals surface area contributed by atoms with Crippen LogP contribution in [0.3, 0.4) is 0 Å². The van der Waals surface area contributed by atoms with Crippen molar-refractivity contribution in [3.8, 4) is 5.75 Å². The van der Waals surface area contributed by atoms with E-state index in [-0.39, 0.29) is 40.1 Å². The van der Waals surface area contributed by atoms with Crippen LogP contribution in [0.25, 0.3) is 0 Å². The second-order valence-corrected chi connectivity index (χ2v) is 7.64. The summed E-state index contributed by atoms with van der Waals surface area (Å²) in [6.07, 6.45) is 0.547. The molecule has 2 heterocycles. The van der Waals surface area contributed by atoms with Crippen LogP contribution in [0.1, 0.15) is 33.0 Å². The maximum Gasteiger partial charge on any atom is 0.267 e. The summed E-state index contributed by atoms with van der Waals surface area (Å²) in [5.74, 6) is 0.819. The van der Waals surface area contributed by atoms with E-state index in [0.717, 1.165) is 17.1 Å². The van der Waals surface area contributed by atoms with Gasteiger partial charge in [-0.25, -0.2) is 0 Å². The predicted molar refractivity (Wildman–Crippen MR) is 109 cm³/mol. The average molecular weight is 403 g/mol. The van der Waals surface area contributed by atoms with E-state index in [1.54, 1.807) is 26.2 Å². The number of carbonyl (C=O) groups excluding carboxylic acids is 1. The molecule has 8 nitrogen and oxygen atoms in total. The highest BCUT2D eigenvalue weighted by Crippen LogP contribution is 2.42. The van der Waals surface area contributed by atoms with Crippen molar-refractivity contribution in [1.29, 1.82) is 0 Å².